The summed E-state index contributed by atoms with van der Waals surface area (Å²) in [7, 11) is 0. The molecule has 0 fully saturated rings. The van der Waals surface area contributed by atoms with E-state index >= 15 is 0 Å². The van der Waals surface area contributed by atoms with Gasteiger partial charge in [-0.2, -0.15) is 0 Å². The van der Waals surface area contributed by atoms with Crippen molar-refractivity contribution in [2.45, 2.75) is 27.3 Å². The highest BCUT2D eigenvalue weighted by Gasteiger charge is 2.13. The van der Waals surface area contributed by atoms with Crippen molar-refractivity contribution < 1.29 is 9.59 Å². The summed E-state index contributed by atoms with van der Waals surface area (Å²) in [5.41, 5.74) is 5.61. The Balaban J connectivity index is 1.69. The van der Waals surface area contributed by atoms with Gasteiger partial charge in [0.1, 0.15) is 5.69 Å². The van der Waals surface area contributed by atoms with Crippen molar-refractivity contribution >= 4 is 17.5 Å². The molecule has 0 spiro atoms. The van der Waals surface area contributed by atoms with Gasteiger partial charge in [-0.15, -0.1) is 0 Å². The lowest BCUT2D eigenvalue weighted by Crippen LogP contribution is -2.24. The molecule has 142 valence electrons. The zero-order valence-corrected chi connectivity index (χ0v) is 16.2. The molecule has 2 amide bonds. The Kier molecular flexibility index (Phi) is 5.84. The van der Waals surface area contributed by atoms with Crippen LogP contribution in [0.4, 0.5) is 5.69 Å². The molecule has 0 aliphatic heterocycles. The summed E-state index contributed by atoms with van der Waals surface area (Å²) in [5, 5.41) is 5.74. The SMILES string of the molecule is Cc1cccc(CNC(=O)c2cc(C(=O)Nc3cccc(C)c3C)ccn2)c1. The zero-order valence-electron chi connectivity index (χ0n) is 16.2. The lowest BCUT2D eigenvalue weighted by atomic mass is 10.1. The maximum atomic E-state index is 12.6. The molecule has 1 aromatic heterocycles. The fourth-order valence-electron chi connectivity index (χ4n) is 2.87. The van der Waals surface area contributed by atoms with Gasteiger partial charge in [-0.3, -0.25) is 14.6 Å². The van der Waals surface area contributed by atoms with Crippen molar-refractivity contribution in [3.63, 3.8) is 0 Å². The first-order chi connectivity index (χ1) is 13.4. The molecule has 1 heterocycles. The van der Waals surface area contributed by atoms with Crippen LogP contribution in [0.2, 0.25) is 0 Å². The number of benzene rings is 2. The second kappa shape index (κ2) is 8.48. The Labute approximate surface area is 164 Å². The topological polar surface area (TPSA) is 71.1 Å². The number of amides is 2. The van der Waals surface area contributed by atoms with E-state index in [4.69, 9.17) is 0 Å². The van der Waals surface area contributed by atoms with Crippen molar-refractivity contribution in [1.82, 2.24) is 10.3 Å². The molecule has 2 aromatic carbocycles. The molecule has 0 bridgehead atoms. The van der Waals surface area contributed by atoms with Crippen LogP contribution in [0.1, 0.15) is 43.1 Å². The molecule has 3 rings (SSSR count). The van der Waals surface area contributed by atoms with Gasteiger partial charge >= 0.3 is 0 Å². The number of nitrogens with one attached hydrogen (secondary N) is 2. The van der Waals surface area contributed by atoms with Gasteiger partial charge in [0.15, 0.2) is 0 Å². The van der Waals surface area contributed by atoms with Gasteiger partial charge in [-0.25, -0.2) is 0 Å². The number of anilines is 1. The van der Waals surface area contributed by atoms with Crippen LogP contribution in [0.3, 0.4) is 0 Å². The minimum Gasteiger partial charge on any atom is -0.347 e. The molecule has 0 unspecified atom stereocenters. The number of carbonyl (C=O) groups is 2. The van der Waals surface area contributed by atoms with Gasteiger partial charge in [-0.1, -0.05) is 42.0 Å². The standard InChI is InChI=1S/C23H23N3O2/c1-15-6-4-8-18(12-15)14-25-23(28)21-13-19(10-11-24-21)22(27)26-20-9-5-7-16(2)17(20)3/h4-13H,14H2,1-3H3,(H,25,28)(H,26,27). The number of carbonyl (C=O) groups excluding carboxylic acids is 2. The highest BCUT2D eigenvalue weighted by molar-refractivity contribution is 6.06. The van der Waals surface area contributed by atoms with Crippen LogP contribution in [0.5, 0.6) is 0 Å². The van der Waals surface area contributed by atoms with Crippen LogP contribution in [0.15, 0.2) is 60.8 Å². The maximum Gasteiger partial charge on any atom is 0.270 e. The predicted molar refractivity (Wildman–Crippen MR) is 110 cm³/mol. The van der Waals surface area contributed by atoms with Crippen molar-refractivity contribution in [2.24, 2.45) is 0 Å². The largest absolute Gasteiger partial charge is 0.347 e. The molecule has 0 saturated heterocycles. The molecule has 0 atom stereocenters. The summed E-state index contributed by atoms with van der Waals surface area (Å²) in [6.45, 7) is 6.36. The molecule has 0 radical (unpaired) electrons. The van der Waals surface area contributed by atoms with Crippen LogP contribution in [0.25, 0.3) is 0 Å². The summed E-state index contributed by atoms with van der Waals surface area (Å²) in [6, 6.07) is 16.8. The number of aromatic nitrogens is 1. The van der Waals surface area contributed by atoms with E-state index in [0.29, 0.717) is 12.1 Å². The molecular weight excluding hydrogens is 350 g/mol. The smallest absolute Gasteiger partial charge is 0.270 e. The zero-order chi connectivity index (χ0) is 20.1. The molecule has 0 saturated carbocycles. The summed E-state index contributed by atoms with van der Waals surface area (Å²) in [5.74, 6) is -0.591. The van der Waals surface area contributed by atoms with Gasteiger partial charge in [0.2, 0.25) is 0 Å². The Hall–Kier alpha value is -3.47. The normalized spacial score (nSPS) is 10.4. The second-order valence-electron chi connectivity index (χ2n) is 6.80. The Morgan fingerprint density at radius 1 is 0.929 bits per heavy atom. The highest BCUT2D eigenvalue weighted by atomic mass is 16.2. The van der Waals surface area contributed by atoms with E-state index in [0.717, 1.165) is 27.9 Å². The first-order valence-electron chi connectivity index (χ1n) is 9.11. The second-order valence-corrected chi connectivity index (χ2v) is 6.80. The van der Waals surface area contributed by atoms with Crippen LogP contribution < -0.4 is 10.6 Å². The summed E-state index contributed by atoms with van der Waals surface area (Å²) < 4.78 is 0. The third-order valence-electron chi connectivity index (χ3n) is 4.64. The number of pyridine rings is 1. The summed E-state index contributed by atoms with van der Waals surface area (Å²) in [4.78, 5) is 29.1. The summed E-state index contributed by atoms with van der Waals surface area (Å²) in [6.07, 6.45) is 1.47. The average molecular weight is 373 g/mol. The number of hydrogen-bond donors (Lipinski definition) is 2. The van der Waals surface area contributed by atoms with Gasteiger partial charge in [0.25, 0.3) is 11.8 Å². The molecule has 28 heavy (non-hydrogen) atoms. The number of hydrogen-bond acceptors (Lipinski definition) is 3. The maximum absolute atomic E-state index is 12.6. The van der Waals surface area contributed by atoms with Crippen molar-refractivity contribution in [3.05, 3.63) is 94.3 Å². The van der Waals surface area contributed by atoms with E-state index in [1.54, 1.807) is 6.07 Å². The highest BCUT2D eigenvalue weighted by Crippen LogP contribution is 2.19. The van der Waals surface area contributed by atoms with E-state index < -0.39 is 0 Å². The molecule has 0 aliphatic rings. The number of nitrogens with zero attached hydrogens (tertiary/aromatic N) is 1. The van der Waals surface area contributed by atoms with Crippen molar-refractivity contribution in [1.29, 1.82) is 0 Å². The van der Waals surface area contributed by atoms with Crippen LogP contribution in [0, 0.1) is 20.8 Å². The average Bonchev–Trinajstić information content (AvgIpc) is 2.70. The molecule has 0 aliphatic carbocycles. The number of aryl methyl sites for hydroxylation is 2. The minimum atomic E-state index is -0.317. The van der Waals surface area contributed by atoms with Crippen molar-refractivity contribution in [2.75, 3.05) is 5.32 Å². The number of rotatable bonds is 5. The lowest BCUT2D eigenvalue weighted by molar-refractivity contribution is 0.0946. The van der Waals surface area contributed by atoms with Crippen molar-refractivity contribution in [3.8, 4) is 0 Å². The van der Waals surface area contributed by atoms with Gasteiger partial charge in [0.05, 0.1) is 0 Å². The quantitative estimate of drug-likeness (QED) is 0.704. The fraction of sp³-hybridized carbons (Fsp3) is 0.174. The molecule has 5 nitrogen and oxygen atoms in total. The monoisotopic (exact) mass is 373 g/mol. The summed E-state index contributed by atoms with van der Waals surface area (Å²) >= 11 is 0. The first-order valence-corrected chi connectivity index (χ1v) is 9.11. The van der Waals surface area contributed by atoms with E-state index in [9.17, 15) is 9.59 Å². The third kappa shape index (κ3) is 4.62. The molecule has 5 heteroatoms. The molecule has 2 N–H and O–H groups in total. The Bertz CT molecular complexity index is 1030. The molecular formula is C23H23N3O2. The van der Waals surface area contributed by atoms with Gasteiger partial charge in [0, 0.05) is 24.0 Å². The molecule has 3 aromatic rings. The third-order valence-corrected chi connectivity index (χ3v) is 4.64. The van der Waals surface area contributed by atoms with E-state index in [-0.39, 0.29) is 17.5 Å². The van der Waals surface area contributed by atoms with E-state index in [1.807, 2.05) is 63.2 Å². The van der Waals surface area contributed by atoms with Crippen LogP contribution >= 0.6 is 0 Å². The fourth-order valence-corrected chi connectivity index (χ4v) is 2.87. The predicted octanol–water partition coefficient (Wildman–Crippen LogP) is 4.19. The Morgan fingerprint density at radius 3 is 2.50 bits per heavy atom. The lowest BCUT2D eigenvalue weighted by Gasteiger charge is -2.11. The van der Waals surface area contributed by atoms with Crippen LogP contribution in [-0.4, -0.2) is 16.8 Å². The van der Waals surface area contributed by atoms with E-state index in [1.165, 1.54) is 12.3 Å². The minimum absolute atomic E-state index is 0.210. The first kappa shape index (κ1) is 19.3. The van der Waals surface area contributed by atoms with E-state index in [2.05, 4.69) is 15.6 Å². The van der Waals surface area contributed by atoms with Gasteiger partial charge in [-0.05, 0) is 55.7 Å². The van der Waals surface area contributed by atoms with Gasteiger partial charge < -0.3 is 10.6 Å². The Morgan fingerprint density at radius 2 is 1.71 bits per heavy atom. The van der Waals surface area contributed by atoms with Crippen LogP contribution in [-0.2, 0) is 6.54 Å².